The molecule has 0 aliphatic rings. The normalized spacial score (nSPS) is 10.0. The molecule has 0 aromatic carbocycles. The fourth-order valence-electron chi connectivity index (χ4n) is 1.92. The van der Waals surface area contributed by atoms with Gasteiger partial charge in [-0.2, -0.15) is 5.10 Å². The van der Waals surface area contributed by atoms with Gasteiger partial charge in [0.15, 0.2) is 5.15 Å². The van der Waals surface area contributed by atoms with E-state index in [4.69, 9.17) is 23.8 Å². The number of hydrogen-bond donors (Lipinski definition) is 1. The maximum atomic E-state index is 12.3. The van der Waals surface area contributed by atoms with E-state index >= 15 is 0 Å². The number of primary amides is 1. The Morgan fingerprint density at radius 3 is 2.92 bits per heavy atom. The number of nitrogens with zero attached hydrogens (tertiary/aromatic N) is 4. The summed E-state index contributed by atoms with van der Waals surface area (Å²) in [7, 11) is 0. The molecule has 2 amide bonds. The summed E-state index contributed by atoms with van der Waals surface area (Å²) < 4.78 is 6.05. The van der Waals surface area contributed by atoms with E-state index in [1.165, 1.54) is 9.58 Å². The Hall–Kier alpha value is -3.05. The maximum Gasteiger partial charge on any atom is 0.404 e. The van der Waals surface area contributed by atoms with Gasteiger partial charge in [0.1, 0.15) is 12.3 Å². The largest absolute Gasteiger partial charge is 0.449 e. The van der Waals surface area contributed by atoms with Crippen molar-refractivity contribution in [1.82, 2.24) is 14.8 Å². The molecule has 0 aliphatic heterocycles. The minimum absolute atomic E-state index is 0.00609. The van der Waals surface area contributed by atoms with Gasteiger partial charge in [-0.05, 0) is 12.1 Å². The van der Waals surface area contributed by atoms with Crippen LogP contribution >= 0.6 is 11.6 Å². The van der Waals surface area contributed by atoms with Crippen LogP contribution in [0.4, 0.5) is 10.5 Å². The minimum atomic E-state index is -0.950. The van der Waals surface area contributed by atoms with Gasteiger partial charge in [-0.3, -0.25) is 14.7 Å². The molecule has 0 atom stereocenters. The summed E-state index contributed by atoms with van der Waals surface area (Å²) >= 11 is 6.13. The van der Waals surface area contributed by atoms with Gasteiger partial charge in [-0.25, -0.2) is 9.48 Å². The van der Waals surface area contributed by atoms with Crippen molar-refractivity contribution < 1.29 is 14.3 Å². The molecule has 124 valence electrons. The van der Waals surface area contributed by atoms with Gasteiger partial charge in [-0.1, -0.05) is 17.5 Å². The smallest absolute Gasteiger partial charge is 0.404 e. The third kappa shape index (κ3) is 4.24. The molecule has 0 bridgehead atoms. The van der Waals surface area contributed by atoms with Crippen LogP contribution in [-0.4, -0.2) is 39.9 Å². The van der Waals surface area contributed by atoms with E-state index < -0.39 is 6.09 Å². The lowest BCUT2D eigenvalue weighted by atomic mass is 10.3. The van der Waals surface area contributed by atoms with Gasteiger partial charge in [0.05, 0.1) is 31.0 Å². The Labute approximate surface area is 143 Å². The van der Waals surface area contributed by atoms with E-state index in [1.54, 1.807) is 30.7 Å². The second-order valence-corrected chi connectivity index (χ2v) is 4.92. The molecule has 0 saturated carbocycles. The lowest BCUT2D eigenvalue weighted by molar-refractivity contribution is -0.119. The first-order chi connectivity index (χ1) is 11.5. The number of carbonyl (C=O) groups is 2. The number of amides is 2. The average molecular weight is 348 g/mol. The van der Waals surface area contributed by atoms with Crippen molar-refractivity contribution in [3.05, 3.63) is 35.9 Å². The second kappa shape index (κ2) is 7.99. The molecular weight excluding hydrogens is 334 g/mol. The highest BCUT2D eigenvalue weighted by atomic mass is 35.5. The van der Waals surface area contributed by atoms with Crippen molar-refractivity contribution in [2.24, 2.45) is 5.73 Å². The highest BCUT2D eigenvalue weighted by Crippen LogP contribution is 2.26. The van der Waals surface area contributed by atoms with E-state index in [1.807, 2.05) is 0 Å². The summed E-state index contributed by atoms with van der Waals surface area (Å²) in [5.41, 5.74) is 5.88. The molecule has 2 rings (SSSR count). The molecule has 2 aromatic rings. The zero-order valence-corrected chi connectivity index (χ0v) is 13.3. The first kappa shape index (κ1) is 17.3. The summed E-state index contributed by atoms with van der Waals surface area (Å²) in [5, 5.41) is 4.26. The molecule has 0 saturated heterocycles. The Kier molecular flexibility index (Phi) is 5.76. The second-order valence-electron chi connectivity index (χ2n) is 4.56. The number of halogens is 1. The van der Waals surface area contributed by atoms with E-state index in [-0.39, 0.29) is 30.6 Å². The number of nitrogens with two attached hydrogens (primary N) is 1. The fraction of sp³-hybridized carbons (Fsp3) is 0.200. The number of hydrogen-bond acceptors (Lipinski definition) is 5. The van der Waals surface area contributed by atoms with E-state index in [9.17, 15) is 9.59 Å². The monoisotopic (exact) mass is 347 g/mol. The molecule has 0 spiro atoms. The predicted molar refractivity (Wildman–Crippen MR) is 87.7 cm³/mol. The Morgan fingerprint density at radius 2 is 2.29 bits per heavy atom. The lowest BCUT2D eigenvalue weighted by Gasteiger charge is -2.18. The summed E-state index contributed by atoms with van der Waals surface area (Å²) in [5.74, 6) is 2.01. The Bertz CT molecular complexity index is 769. The summed E-state index contributed by atoms with van der Waals surface area (Å²) in [6.07, 6.45) is 9.08. The van der Waals surface area contributed by atoms with E-state index in [0.29, 0.717) is 11.4 Å². The number of aromatic nitrogens is 3. The topological polar surface area (TPSA) is 103 Å². The van der Waals surface area contributed by atoms with Gasteiger partial charge in [0, 0.05) is 6.20 Å². The molecule has 9 heteroatoms. The highest BCUT2D eigenvalue weighted by Gasteiger charge is 2.21. The Morgan fingerprint density at radius 1 is 1.50 bits per heavy atom. The molecular formula is C15H14ClN5O3. The van der Waals surface area contributed by atoms with Gasteiger partial charge in [-0.15, -0.1) is 6.42 Å². The SMILES string of the molecule is C#CCN(C(=O)CCOC(N)=O)c1cn(-c2cccnc2)nc1Cl. The third-order valence-corrected chi connectivity index (χ3v) is 3.23. The van der Waals surface area contributed by atoms with E-state index in [2.05, 4.69) is 20.7 Å². The standard InChI is InChI=1S/C15H14ClN5O3/c1-2-7-20(13(22)5-8-24-15(17)23)12-10-21(19-14(12)16)11-4-3-6-18-9-11/h1,3-4,6,9-10H,5,7-8H2,(H2,17,23). The molecule has 2 heterocycles. The number of rotatable bonds is 6. The lowest BCUT2D eigenvalue weighted by Crippen LogP contribution is -2.32. The van der Waals surface area contributed by atoms with Gasteiger partial charge in [0.25, 0.3) is 0 Å². The van der Waals surface area contributed by atoms with Crippen LogP contribution in [0.1, 0.15) is 6.42 Å². The first-order valence-corrected chi connectivity index (χ1v) is 7.22. The van der Waals surface area contributed by atoms with Crippen molar-refractivity contribution >= 4 is 29.3 Å². The molecule has 2 N–H and O–H groups in total. The van der Waals surface area contributed by atoms with Crippen LogP contribution in [0.15, 0.2) is 30.7 Å². The van der Waals surface area contributed by atoms with Crippen LogP contribution in [0.3, 0.4) is 0 Å². The molecule has 24 heavy (non-hydrogen) atoms. The summed E-state index contributed by atoms with van der Waals surface area (Å²) in [4.78, 5) is 28.1. The van der Waals surface area contributed by atoms with Crippen molar-refractivity contribution in [3.8, 4) is 18.0 Å². The maximum absolute atomic E-state index is 12.3. The highest BCUT2D eigenvalue weighted by molar-refractivity contribution is 6.32. The first-order valence-electron chi connectivity index (χ1n) is 6.84. The van der Waals surface area contributed by atoms with Crippen LogP contribution < -0.4 is 10.6 Å². The van der Waals surface area contributed by atoms with Gasteiger partial charge in [0.2, 0.25) is 5.91 Å². The van der Waals surface area contributed by atoms with Crippen molar-refractivity contribution in [2.75, 3.05) is 18.1 Å². The fourth-order valence-corrected chi connectivity index (χ4v) is 2.15. The molecule has 0 unspecified atom stereocenters. The molecule has 2 aromatic heterocycles. The van der Waals surface area contributed by atoms with Crippen molar-refractivity contribution in [1.29, 1.82) is 0 Å². The third-order valence-electron chi connectivity index (χ3n) is 2.96. The predicted octanol–water partition coefficient (Wildman–Crippen LogP) is 1.37. The van der Waals surface area contributed by atoms with Crippen molar-refractivity contribution in [3.63, 3.8) is 0 Å². The Balaban J connectivity index is 2.22. The number of carbonyl (C=O) groups excluding carboxylic acids is 2. The van der Waals surface area contributed by atoms with Crippen LogP contribution in [0, 0.1) is 12.3 Å². The summed E-state index contributed by atoms with van der Waals surface area (Å²) in [6.45, 7) is -0.155. The van der Waals surface area contributed by atoms with E-state index in [0.717, 1.165) is 0 Å². The van der Waals surface area contributed by atoms with Crippen LogP contribution in [0.5, 0.6) is 0 Å². The van der Waals surface area contributed by atoms with Crippen LogP contribution in [-0.2, 0) is 9.53 Å². The number of anilines is 1. The zero-order chi connectivity index (χ0) is 17.5. The van der Waals surface area contributed by atoms with Crippen LogP contribution in [0.25, 0.3) is 5.69 Å². The minimum Gasteiger partial charge on any atom is -0.449 e. The van der Waals surface area contributed by atoms with Crippen LogP contribution in [0.2, 0.25) is 5.15 Å². The molecule has 8 nitrogen and oxygen atoms in total. The van der Waals surface area contributed by atoms with Crippen molar-refractivity contribution in [2.45, 2.75) is 6.42 Å². The summed E-state index contributed by atoms with van der Waals surface area (Å²) in [6, 6.07) is 3.53. The van der Waals surface area contributed by atoms with Gasteiger partial charge < -0.3 is 10.5 Å². The molecule has 0 fully saturated rings. The number of ether oxygens (including phenoxy) is 1. The molecule has 0 radical (unpaired) electrons. The molecule has 0 aliphatic carbocycles. The quantitative estimate of drug-likeness (QED) is 0.795. The zero-order valence-electron chi connectivity index (χ0n) is 12.6. The number of terminal acetylenes is 1. The average Bonchev–Trinajstić information content (AvgIpc) is 2.94. The van der Waals surface area contributed by atoms with Gasteiger partial charge >= 0.3 is 6.09 Å². The number of pyridine rings is 1.